The van der Waals surface area contributed by atoms with Crippen LogP contribution in [-0.2, 0) is 0 Å². The molecule has 0 atom stereocenters. The summed E-state index contributed by atoms with van der Waals surface area (Å²) >= 11 is 3.36. The lowest BCUT2D eigenvalue weighted by molar-refractivity contribution is 0.0956. The Balaban J connectivity index is 1.72. The van der Waals surface area contributed by atoms with E-state index in [2.05, 4.69) is 31.8 Å². The zero-order valence-electron chi connectivity index (χ0n) is 15.1. The molecule has 2 N–H and O–H groups in total. The van der Waals surface area contributed by atoms with Crippen molar-refractivity contribution in [2.75, 3.05) is 5.32 Å². The van der Waals surface area contributed by atoms with E-state index in [1.165, 1.54) is 0 Å². The lowest BCUT2D eigenvalue weighted by Crippen LogP contribution is -2.21. The van der Waals surface area contributed by atoms with E-state index in [1.54, 1.807) is 48.7 Å². The first-order chi connectivity index (χ1) is 13.5. The van der Waals surface area contributed by atoms with Gasteiger partial charge in [-0.15, -0.1) is 0 Å². The Hall–Kier alpha value is -3.25. The van der Waals surface area contributed by atoms with Crippen molar-refractivity contribution in [1.82, 2.24) is 5.43 Å². The summed E-state index contributed by atoms with van der Waals surface area (Å²) in [5, 5.41) is 6.78. The summed E-state index contributed by atoms with van der Waals surface area (Å²) in [6.45, 7) is 2.00. The number of nitrogens with zero attached hydrogens (tertiary/aromatic N) is 1. The molecule has 0 aliphatic rings. The van der Waals surface area contributed by atoms with Gasteiger partial charge in [-0.3, -0.25) is 9.59 Å². The van der Waals surface area contributed by atoms with Crippen LogP contribution < -0.4 is 10.7 Å². The highest BCUT2D eigenvalue weighted by Gasteiger charge is 2.15. The Morgan fingerprint density at radius 1 is 0.857 bits per heavy atom. The third-order valence-corrected chi connectivity index (χ3v) is 4.69. The lowest BCUT2D eigenvalue weighted by atomic mass is 10.1. The van der Waals surface area contributed by atoms with E-state index in [0.717, 1.165) is 11.1 Å². The van der Waals surface area contributed by atoms with E-state index in [1.807, 2.05) is 37.3 Å². The summed E-state index contributed by atoms with van der Waals surface area (Å²) in [6, 6.07) is 21.6. The van der Waals surface area contributed by atoms with Gasteiger partial charge in [0.15, 0.2) is 0 Å². The summed E-state index contributed by atoms with van der Waals surface area (Å²) < 4.78 is 0.678. The fraction of sp³-hybridized carbons (Fsp3) is 0.0455. The van der Waals surface area contributed by atoms with Gasteiger partial charge in [0.05, 0.1) is 23.0 Å². The molecule has 0 fully saturated rings. The number of nitrogens with one attached hydrogen (secondary N) is 2. The maximum absolute atomic E-state index is 12.5. The van der Waals surface area contributed by atoms with Crippen molar-refractivity contribution in [2.45, 2.75) is 6.92 Å². The van der Waals surface area contributed by atoms with Crippen molar-refractivity contribution >= 4 is 39.6 Å². The Morgan fingerprint density at radius 2 is 1.50 bits per heavy atom. The van der Waals surface area contributed by atoms with Crippen LogP contribution in [0.3, 0.4) is 0 Å². The molecular formula is C22H18BrN3O2. The molecule has 28 heavy (non-hydrogen) atoms. The van der Waals surface area contributed by atoms with Crippen molar-refractivity contribution < 1.29 is 9.59 Å². The van der Waals surface area contributed by atoms with E-state index < -0.39 is 5.91 Å². The summed E-state index contributed by atoms with van der Waals surface area (Å²) in [5.41, 5.74) is 5.74. The molecule has 0 aliphatic carbocycles. The van der Waals surface area contributed by atoms with Crippen LogP contribution in [0, 0.1) is 6.92 Å². The van der Waals surface area contributed by atoms with Gasteiger partial charge >= 0.3 is 0 Å². The van der Waals surface area contributed by atoms with Crippen molar-refractivity contribution in [3.05, 3.63) is 99.5 Å². The smallest absolute Gasteiger partial charge is 0.273 e. The number of hydrogen-bond donors (Lipinski definition) is 2. The number of hydrogen-bond acceptors (Lipinski definition) is 3. The minimum Gasteiger partial charge on any atom is -0.321 e. The number of anilines is 1. The van der Waals surface area contributed by atoms with Gasteiger partial charge in [-0.05, 0) is 52.7 Å². The van der Waals surface area contributed by atoms with Crippen LogP contribution in [0.4, 0.5) is 5.69 Å². The van der Waals surface area contributed by atoms with Crippen molar-refractivity contribution in [1.29, 1.82) is 0 Å². The van der Waals surface area contributed by atoms with Gasteiger partial charge in [-0.1, -0.05) is 54.1 Å². The molecule has 0 saturated heterocycles. The molecule has 3 aromatic rings. The van der Waals surface area contributed by atoms with E-state index >= 15 is 0 Å². The highest BCUT2D eigenvalue weighted by molar-refractivity contribution is 9.10. The number of amides is 2. The molecule has 0 spiro atoms. The number of para-hydroxylation sites is 1. The Kier molecular flexibility index (Phi) is 6.34. The van der Waals surface area contributed by atoms with Gasteiger partial charge in [0.1, 0.15) is 0 Å². The second-order valence-corrected chi connectivity index (χ2v) is 6.94. The fourth-order valence-corrected chi connectivity index (χ4v) is 2.97. The van der Waals surface area contributed by atoms with Crippen molar-refractivity contribution in [3.8, 4) is 0 Å². The monoisotopic (exact) mass is 435 g/mol. The van der Waals surface area contributed by atoms with Crippen LogP contribution in [-0.4, -0.2) is 18.0 Å². The highest BCUT2D eigenvalue weighted by atomic mass is 79.9. The Labute approximate surface area is 171 Å². The van der Waals surface area contributed by atoms with E-state index in [0.29, 0.717) is 21.3 Å². The molecule has 6 heteroatoms. The number of benzene rings is 3. The number of aryl methyl sites for hydroxylation is 1. The zero-order chi connectivity index (χ0) is 19.9. The first-order valence-corrected chi connectivity index (χ1v) is 9.39. The quantitative estimate of drug-likeness (QED) is 0.447. The summed E-state index contributed by atoms with van der Waals surface area (Å²) in [5.74, 6) is -0.720. The van der Waals surface area contributed by atoms with E-state index in [9.17, 15) is 9.59 Å². The number of halogens is 1. The molecule has 0 unspecified atom stereocenters. The van der Waals surface area contributed by atoms with Crippen molar-refractivity contribution in [2.24, 2.45) is 5.10 Å². The van der Waals surface area contributed by atoms with Crippen LogP contribution in [0.2, 0.25) is 0 Å². The van der Waals surface area contributed by atoms with E-state index in [-0.39, 0.29) is 5.91 Å². The summed E-state index contributed by atoms with van der Waals surface area (Å²) in [4.78, 5) is 25.0. The molecule has 0 heterocycles. The maximum atomic E-state index is 12.5. The normalized spacial score (nSPS) is 10.6. The third-order valence-electron chi connectivity index (χ3n) is 4.00. The van der Waals surface area contributed by atoms with Crippen LogP contribution in [0.25, 0.3) is 0 Å². The Morgan fingerprint density at radius 3 is 2.21 bits per heavy atom. The minimum absolute atomic E-state index is 0.309. The third kappa shape index (κ3) is 4.92. The minimum atomic E-state index is -0.411. The average molecular weight is 436 g/mol. The average Bonchev–Trinajstić information content (AvgIpc) is 2.70. The molecule has 3 rings (SSSR count). The highest BCUT2D eigenvalue weighted by Crippen LogP contribution is 2.20. The van der Waals surface area contributed by atoms with Crippen LogP contribution in [0.1, 0.15) is 31.8 Å². The molecule has 0 radical (unpaired) electrons. The van der Waals surface area contributed by atoms with Crippen LogP contribution >= 0.6 is 15.9 Å². The van der Waals surface area contributed by atoms with Crippen molar-refractivity contribution in [3.63, 3.8) is 0 Å². The van der Waals surface area contributed by atoms with E-state index in [4.69, 9.17) is 0 Å². The number of hydrazone groups is 1. The van der Waals surface area contributed by atoms with Gasteiger partial charge in [-0.2, -0.15) is 5.10 Å². The maximum Gasteiger partial charge on any atom is 0.273 e. The molecule has 2 amide bonds. The standard InChI is InChI=1S/C22H18BrN3O2/c1-15-10-12-16(13-11-15)14-24-26-22(28)18-7-3-5-9-20(18)25-21(27)17-6-2-4-8-19(17)23/h2-14H,1H3,(H,25,27)(H,26,28). The summed E-state index contributed by atoms with van der Waals surface area (Å²) in [6.07, 6.45) is 1.57. The first kappa shape index (κ1) is 19.5. The molecule has 0 aliphatic heterocycles. The second-order valence-electron chi connectivity index (χ2n) is 6.09. The fourth-order valence-electron chi connectivity index (χ4n) is 2.50. The summed E-state index contributed by atoms with van der Waals surface area (Å²) in [7, 11) is 0. The molecule has 140 valence electrons. The molecule has 0 saturated carbocycles. The zero-order valence-corrected chi connectivity index (χ0v) is 16.7. The Bertz CT molecular complexity index is 1030. The van der Waals surface area contributed by atoms with Gasteiger partial charge in [0.2, 0.25) is 0 Å². The number of carbonyl (C=O) groups is 2. The van der Waals surface area contributed by atoms with Crippen LogP contribution in [0.15, 0.2) is 82.4 Å². The SMILES string of the molecule is Cc1ccc(C=NNC(=O)c2ccccc2NC(=O)c2ccccc2Br)cc1. The first-order valence-electron chi connectivity index (χ1n) is 8.59. The molecule has 0 bridgehead atoms. The second kappa shape index (κ2) is 9.10. The van der Waals surface area contributed by atoms with Crippen LogP contribution in [0.5, 0.6) is 0 Å². The lowest BCUT2D eigenvalue weighted by Gasteiger charge is -2.10. The number of carbonyl (C=O) groups excluding carboxylic acids is 2. The number of rotatable bonds is 5. The largest absolute Gasteiger partial charge is 0.321 e. The van der Waals surface area contributed by atoms with Gasteiger partial charge in [0.25, 0.3) is 11.8 Å². The molecule has 0 aromatic heterocycles. The predicted molar refractivity (Wildman–Crippen MR) is 115 cm³/mol. The molecular weight excluding hydrogens is 418 g/mol. The molecule has 5 nitrogen and oxygen atoms in total. The predicted octanol–water partition coefficient (Wildman–Crippen LogP) is 4.77. The van der Waals surface area contributed by atoms with Gasteiger partial charge < -0.3 is 5.32 Å². The topological polar surface area (TPSA) is 70.6 Å². The molecule has 3 aromatic carbocycles. The van der Waals surface area contributed by atoms with Gasteiger partial charge in [0, 0.05) is 4.47 Å². The van der Waals surface area contributed by atoms with Gasteiger partial charge in [-0.25, -0.2) is 5.43 Å².